The third-order valence-electron chi connectivity index (χ3n) is 1.39. The zero-order valence-electron chi connectivity index (χ0n) is 7.36. The van der Waals surface area contributed by atoms with Gasteiger partial charge < -0.3 is 4.98 Å². The van der Waals surface area contributed by atoms with Crippen molar-refractivity contribution in [3.05, 3.63) is 41.3 Å². The highest BCUT2D eigenvalue weighted by molar-refractivity contribution is 7.92. The summed E-state index contributed by atoms with van der Waals surface area (Å²) < 4.78 is 24.7. The maximum absolute atomic E-state index is 11.2. The maximum Gasteiger partial charge on any atom is 0.248 e. The molecule has 1 aromatic rings. The van der Waals surface area contributed by atoms with Crippen molar-refractivity contribution in [2.24, 2.45) is 0 Å². The van der Waals surface area contributed by atoms with Gasteiger partial charge in [0.05, 0.1) is 11.4 Å². The third-order valence-corrected chi connectivity index (χ3v) is 2.62. The van der Waals surface area contributed by atoms with Crippen LogP contribution in [-0.4, -0.2) is 19.2 Å². The molecule has 2 N–H and O–H groups in total. The number of rotatable bonds is 4. The standard InChI is InChI=1S/C8H10N2O3S/c1-2-5-14(12,13)10-7-3-4-8(11)9-6-7/h2-4,6,10H,1,5H2,(H,9,11). The number of anilines is 1. The van der Waals surface area contributed by atoms with Gasteiger partial charge in [0.25, 0.3) is 0 Å². The van der Waals surface area contributed by atoms with Gasteiger partial charge in [0.1, 0.15) is 0 Å². The van der Waals surface area contributed by atoms with Crippen molar-refractivity contribution in [3.8, 4) is 0 Å². The molecule has 1 heterocycles. The van der Waals surface area contributed by atoms with E-state index in [0.717, 1.165) is 0 Å². The van der Waals surface area contributed by atoms with Gasteiger partial charge in [0, 0.05) is 12.3 Å². The van der Waals surface area contributed by atoms with Crippen LogP contribution >= 0.6 is 0 Å². The molecule has 0 aliphatic carbocycles. The normalized spacial score (nSPS) is 10.9. The Bertz CT molecular complexity index is 455. The Hall–Kier alpha value is -1.56. The molecule has 0 atom stereocenters. The fourth-order valence-corrected chi connectivity index (χ4v) is 1.73. The number of pyridine rings is 1. The summed E-state index contributed by atoms with van der Waals surface area (Å²) in [5.41, 5.74) is 0.0446. The van der Waals surface area contributed by atoms with Gasteiger partial charge in [-0.2, -0.15) is 0 Å². The Kier molecular flexibility index (Phi) is 3.08. The molecule has 1 aromatic heterocycles. The fraction of sp³-hybridized carbons (Fsp3) is 0.125. The first-order chi connectivity index (χ1) is 6.53. The summed E-state index contributed by atoms with van der Waals surface area (Å²) in [7, 11) is -3.39. The second kappa shape index (κ2) is 4.10. The molecule has 0 aromatic carbocycles. The van der Waals surface area contributed by atoms with Crippen LogP contribution in [0.3, 0.4) is 0 Å². The van der Waals surface area contributed by atoms with Crippen molar-refractivity contribution in [1.82, 2.24) is 4.98 Å². The minimum atomic E-state index is -3.39. The number of hydrogen-bond acceptors (Lipinski definition) is 3. The largest absolute Gasteiger partial charge is 0.327 e. The average Bonchev–Trinajstić information content (AvgIpc) is 2.08. The smallest absolute Gasteiger partial charge is 0.248 e. The van der Waals surface area contributed by atoms with Crippen molar-refractivity contribution in [3.63, 3.8) is 0 Å². The fourth-order valence-electron chi connectivity index (χ4n) is 0.850. The summed E-state index contributed by atoms with van der Waals surface area (Å²) in [5.74, 6) is -0.161. The summed E-state index contributed by atoms with van der Waals surface area (Å²) >= 11 is 0. The van der Waals surface area contributed by atoms with Gasteiger partial charge in [-0.15, -0.1) is 6.58 Å². The van der Waals surface area contributed by atoms with E-state index in [1.54, 1.807) is 0 Å². The predicted molar refractivity (Wildman–Crippen MR) is 54.7 cm³/mol. The van der Waals surface area contributed by atoms with Crippen LogP contribution in [0.4, 0.5) is 5.69 Å². The molecule has 0 saturated heterocycles. The number of hydrogen-bond donors (Lipinski definition) is 2. The molecule has 0 spiro atoms. The van der Waals surface area contributed by atoms with Crippen molar-refractivity contribution >= 4 is 15.7 Å². The Labute approximate surface area is 81.5 Å². The molecule has 0 aliphatic rings. The lowest BCUT2D eigenvalue weighted by Crippen LogP contribution is -2.16. The van der Waals surface area contributed by atoms with Crippen LogP contribution < -0.4 is 10.3 Å². The van der Waals surface area contributed by atoms with Gasteiger partial charge >= 0.3 is 0 Å². The highest BCUT2D eigenvalue weighted by atomic mass is 32.2. The summed E-state index contributed by atoms with van der Waals surface area (Å²) in [6.45, 7) is 3.32. The molecule has 0 bridgehead atoms. The number of sulfonamides is 1. The lowest BCUT2D eigenvalue weighted by atomic mass is 10.4. The van der Waals surface area contributed by atoms with Crippen LogP contribution in [0.1, 0.15) is 0 Å². The second-order valence-corrected chi connectivity index (χ2v) is 4.38. The van der Waals surface area contributed by atoms with E-state index in [1.165, 1.54) is 24.4 Å². The molecular weight excluding hydrogens is 204 g/mol. The Balaban J connectivity index is 2.84. The molecular formula is C8H10N2O3S. The van der Waals surface area contributed by atoms with Gasteiger partial charge in [-0.1, -0.05) is 6.08 Å². The third kappa shape index (κ3) is 3.06. The van der Waals surface area contributed by atoms with E-state index in [0.29, 0.717) is 5.69 Å². The van der Waals surface area contributed by atoms with E-state index < -0.39 is 10.0 Å². The number of aromatic nitrogens is 1. The predicted octanol–water partition coefficient (Wildman–Crippen LogP) is 0.303. The topological polar surface area (TPSA) is 79.0 Å². The molecule has 0 unspecified atom stereocenters. The van der Waals surface area contributed by atoms with Crippen LogP contribution in [-0.2, 0) is 10.0 Å². The van der Waals surface area contributed by atoms with E-state index in [4.69, 9.17) is 0 Å². The van der Waals surface area contributed by atoms with Crippen molar-refractivity contribution in [2.75, 3.05) is 10.5 Å². The molecule has 0 saturated carbocycles. The van der Waals surface area contributed by atoms with Crippen molar-refractivity contribution < 1.29 is 8.42 Å². The monoisotopic (exact) mass is 214 g/mol. The minimum Gasteiger partial charge on any atom is -0.327 e. The van der Waals surface area contributed by atoms with Crippen LogP contribution in [0.2, 0.25) is 0 Å². The molecule has 0 amide bonds. The average molecular weight is 214 g/mol. The second-order valence-electron chi connectivity index (χ2n) is 2.61. The molecule has 0 fully saturated rings. The minimum absolute atomic E-state index is 0.161. The highest BCUT2D eigenvalue weighted by Gasteiger charge is 2.06. The SMILES string of the molecule is C=CCS(=O)(=O)Nc1ccc(=O)[nH]c1. The van der Waals surface area contributed by atoms with Gasteiger partial charge in [-0.25, -0.2) is 8.42 Å². The van der Waals surface area contributed by atoms with E-state index in [9.17, 15) is 13.2 Å². The Morgan fingerprint density at radius 1 is 1.50 bits per heavy atom. The molecule has 76 valence electrons. The van der Waals surface area contributed by atoms with Gasteiger partial charge in [-0.05, 0) is 6.07 Å². The zero-order valence-corrected chi connectivity index (χ0v) is 8.17. The Morgan fingerprint density at radius 3 is 2.71 bits per heavy atom. The first-order valence-corrected chi connectivity index (χ1v) is 5.49. The van der Waals surface area contributed by atoms with Crippen LogP contribution in [0, 0.1) is 0 Å². The molecule has 5 nitrogen and oxygen atoms in total. The zero-order chi connectivity index (χ0) is 10.6. The molecule has 14 heavy (non-hydrogen) atoms. The van der Waals surface area contributed by atoms with Crippen LogP contribution in [0.5, 0.6) is 0 Å². The van der Waals surface area contributed by atoms with Crippen LogP contribution in [0.15, 0.2) is 35.8 Å². The van der Waals surface area contributed by atoms with Crippen molar-refractivity contribution in [2.45, 2.75) is 0 Å². The maximum atomic E-state index is 11.2. The van der Waals surface area contributed by atoms with E-state index >= 15 is 0 Å². The first kappa shape index (κ1) is 10.5. The number of H-pyrrole nitrogens is 1. The highest BCUT2D eigenvalue weighted by Crippen LogP contribution is 2.04. The Morgan fingerprint density at radius 2 is 2.21 bits per heavy atom. The van der Waals surface area contributed by atoms with Crippen molar-refractivity contribution in [1.29, 1.82) is 0 Å². The summed E-state index contributed by atoms with van der Waals surface area (Å²) in [6, 6.07) is 2.63. The molecule has 0 aliphatic heterocycles. The van der Waals surface area contributed by atoms with Gasteiger partial charge in [0.15, 0.2) is 0 Å². The van der Waals surface area contributed by atoms with E-state index in [-0.39, 0.29) is 11.3 Å². The van der Waals surface area contributed by atoms with E-state index in [2.05, 4.69) is 16.3 Å². The first-order valence-electron chi connectivity index (χ1n) is 3.83. The van der Waals surface area contributed by atoms with E-state index in [1.807, 2.05) is 0 Å². The number of aromatic amines is 1. The van der Waals surface area contributed by atoms with Crippen LogP contribution in [0.25, 0.3) is 0 Å². The number of nitrogens with one attached hydrogen (secondary N) is 2. The van der Waals surface area contributed by atoms with Gasteiger partial charge in [-0.3, -0.25) is 9.52 Å². The quantitative estimate of drug-likeness (QED) is 0.707. The van der Waals surface area contributed by atoms with Gasteiger partial charge in [0.2, 0.25) is 15.6 Å². The lowest BCUT2D eigenvalue weighted by molar-refractivity contribution is 0.604. The molecule has 0 radical (unpaired) electrons. The molecule has 6 heteroatoms. The molecule has 1 rings (SSSR count). The summed E-state index contributed by atoms with van der Waals surface area (Å²) in [5, 5.41) is 0. The summed E-state index contributed by atoms with van der Waals surface area (Å²) in [4.78, 5) is 13.0. The lowest BCUT2D eigenvalue weighted by Gasteiger charge is -2.04. The summed E-state index contributed by atoms with van der Waals surface area (Å²) in [6.07, 6.45) is 2.58.